The van der Waals surface area contributed by atoms with Gasteiger partial charge in [-0.2, -0.15) is 0 Å². The van der Waals surface area contributed by atoms with Gasteiger partial charge in [0.05, 0.1) is 6.10 Å². The molecule has 5 heteroatoms. The SMILES string of the molecule is CCOC1CCN(c2ncc(CCN)cn2)CC1. The van der Waals surface area contributed by atoms with Gasteiger partial charge in [0.25, 0.3) is 0 Å². The zero-order valence-corrected chi connectivity index (χ0v) is 11.0. The molecule has 1 aromatic rings. The van der Waals surface area contributed by atoms with Gasteiger partial charge in [-0.15, -0.1) is 0 Å². The number of rotatable bonds is 5. The molecule has 0 spiro atoms. The number of nitrogens with two attached hydrogens (primary N) is 1. The fraction of sp³-hybridized carbons (Fsp3) is 0.692. The summed E-state index contributed by atoms with van der Waals surface area (Å²) in [6.07, 6.45) is 7.12. The van der Waals surface area contributed by atoms with E-state index in [0.717, 1.165) is 50.5 Å². The Balaban J connectivity index is 1.89. The second-order valence-electron chi connectivity index (χ2n) is 4.57. The lowest BCUT2D eigenvalue weighted by atomic mass is 10.1. The number of piperidine rings is 1. The summed E-state index contributed by atoms with van der Waals surface area (Å²) in [5.41, 5.74) is 6.61. The average molecular weight is 250 g/mol. The minimum atomic E-state index is 0.405. The minimum Gasteiger partial charge on any atom is -0.378 e. The molecular formula is C13H22N4O. The van der Waals surface area contributed by atoms with Gasteiger partial charge in [-0.05, 0) is 38.3 Å². The summed E-state index contributed by atoms with van der Waals surface area (Å²) in [6, 6.07) is 0. The van der Waals surface area contributed by atoms with Crippen molar-refractivity contribution in [2.24, 2.45) is 5.73 Å². The molecule has 0 radical (unpaired) electrons. The van der Waals surface area contributed by atoms with E-state index in [1.54, 1.807) is 0 Å². The molecule has 2 heterocycles. The van der Waals surface area contributed by atoms with E-state index < -0.39 is 0 Å². The van der Waals surface area contributed by atoms with E-state index in [2.05, 4.69) is 14.9 Å². The highest BCUT2D eigenvalue weighted by Gasteiger charge is 2.20. The van der Waals surface area contributed by atoms with Crippen molar-refractivity contribution in [3.8, 4) is 0 Å². The Bertz CT molecular complexity index is 347. The Morgan fingerprint density at radius 3 is 2.56 bits per heavy atom. The van der Waals surface area contributed by atoms with Gasteiger partial charge in [-0.3, -0.25) is 0 Å². The Morgan fingerprint density at radius 2 is 2.00 bits per heavy atom. The number of nitrogens with zero attached hydrogens (tertiary/aromatic N) is 3. The standard InChI is InChI=1S/C13H22N4O/c1-2-18-12-4-7-17(8-5-12)13-15-9-11(3-6-14)10-16-13/h9-10,12H,2-8,14H2,1H3. The molecule has 2 rings (SSSR count). The van der Waals surface area contributed by atoms with Crippen molar-refractivity contribution in [1.29, 1.82) is 0 Å². The van der Waals surface area contributed by atoms with Crippen LogP contribution in [0.15, 0.2) is 12.4 Å². The normalized spacial score (nSPS) is 17.1. The van der Waals surface area contributed by atoms with Crippen molar-refractivity contribution in [3.05, 3.63) is 18.0 Å². The molecule has 0 atom stereocenters. The van der Waals surface area contributed by atoms with E-state index in [1.165, 1.54) is 0 Å². The highest BCUT2D eigenvalue weighted by atomic mass is 16.5. The first-order chi connectivity index (χ1) is 8.83. The topological polar surface area (TPSA) is 64.3 Å². The molecule has 1 aliphatic heterocycles. The lowest BCUT2D eigenvalue weighted by Crippen LogP contribution is -2.38. The van der Waals surface area contributed by atoms with Crippen LogP contribution in [0.1, 0.15) is 25.3 Å². The first kappa shape index (κ1) is 13.2. The Hall–Kier alpha value is -1.20. The molecule has 100 valence electrons. The van der Waals surface area contributed by atoms with Gasteiger partial charge in [0, 0.05) is 32.1 Å². The van der Waals surface area contributed by atoms with Crippen LogP contribution in [-0.2, 0) is 11.2 Å². The van der Waals surface area contributed by atoms with Crippen LogP contribution in [0.3, 0.4) is 0 Å². The largest absolute Gasteiger partial charge is 0.378 e. The van der Waals surface area contributed by atoms with E-state index >= 15 is 0 Å². The van der Waals surface area contributed by atoms with Crippen LogP contribution in [0.25, 0.3) is 0 Å². The van der Waals surface area contributed by atoms with Crippen molar-refractivity contribution >= 4 is 5.95 Å². The lowest BCUT2D eigenvalue weighted by molar-refractivity contribution is 0.0457. The highest BCUT2D eigenvalue weighted by molar-refractivity contribution is 5.30. The molecule has 2 N–H and O–H groups in total. The van der Waals surface area contributed by atoms with Gasteiger partial charge in [0.15, 0.2) is 0 Å². The van der Waals surface area contributed by atoms with Crippen LogP contribution >= 0.6 is 0 Å². The highest BCUT2D eigenvalue weighted by Crippen LogP contribution is 2.17. The molecule has 0 unspecified atom stereocenters. The van der Waals surface area contributed by atoms with E-state index in [9.17, 15) is 0 Å². The molecule has 1 saturated heterocycles. The molecule has 1 aromatic heterocycles. The zero-order chi connectivity index (χ0) is 12.8. The fourth-order valence-corrected chi connectivity index (χ4v) is 2.27. The number of ether oxygens (including phenoxy) is 1. The Kier molecular flexibility index (Phi) is 4.90. The number of hydrogen-bond acceptors (Lipinski definition) is 5. The zero-order valence-electron chi connectivity index (χ0n) is 11.0. The van der Waals surface area contributed by atoms with Crippen molar-refractivity contribution in [2.45, 2.75) is 32.3 Å². The van der Waals surface area contributed by atoms with Crippen LogP contribution in [0.5, 0.6) is 0 Å². The van der Waals surface area contributed by atoms with Crippen LogP contribution < -0.4 is 10.6 Å². The van der Waals surface area contributed by atoms with E-state index in [1.807, 2.05) is 19.3 Å². The summed E-state index contributed by atoms with van der Waals surface area (Å²) in [4.78, 5) is 11.0. The van der Waals surface area contributed by atoms with Gasteiger partial charge in [0.2, 0.25) is 5.95 Å². The van der Waals surface area contributed by atoms with E-state index in [0.29, 0.717) is 12.6 Å². The van der Waals surface area contributed by atoms with Crippen molar-refractivity contribution in [1.82, 2.24) is 9.97 Å². The van der Waals surface area contributed by atoms with Gasteiger partial charge < -0.3 is 15.4 Å². The van der Waals surface area contributed by atoms with Gasteiger partial charge in [0.1, 0.15) is 0 Å². The van der Waals surface area contributed by atoms with Gasteiger partial charge >= 0.3 is 0 Å². The third-order valence-corrected chi connectivity index (χ3v) is 3.25. The molecule has 0 aliphatic carbocycles. The van der Waals surface area contributed by atoms with Crippen molar-refractivity contribution in [2.75, 3.05) is 31.1 Å². The molecule has 0 saturated carbocycles. The molecule has 0 bridgehead atoms. The Labute approximate surface area is 108 Å². The second kappa shape index (κ2) is 6.66. The second-order valence-corrected chi connectivity index (χ2v) is 4.57. The Morgan fingerprint density at radius 1 is 1.33 bits per heavy atom. The van der Waals surface area contributed by atoms with Gasteiger partial charge in [-0.1, -0.05) is 0 Å². The molecule has 18 heavy (non-hydrogen) atoms. The van der Waals surface area contributed by atoms with E-state index in [-0.39, 0.29) is 0 Å². The number of hydrogen-bond donors (Lipinski definition) is 1. The fourth-order valence-electron chi connectivity index (χ4n) is 2.27. The molecule has 0 aromatic carbocycles. The summed E-state index contributed by atoms with van der Waals surface area (Å²) < 4.78 is 5.64. The summed E-state index contributed by atoms with van der Waals surface area (Å²) in [6.45, 7) is 5.44. The van der Waals surface area contributed by atoms with Crippen molar-refractivity contribution in [3.63, 3.8) is 0 Å². The monoisotopic (exact) mass is 250 g/mol. The first-order valence-electron chi connectivity index (χ1n) is 6.71. The maximum Gasteiger partial charge on any atom is 0.225 e. The van der Waals surface area contributed by atoms with Crippen LogP contribution in [0, 0.1) is 0 Å². The maximum atomic E-state index is 5.64. The lowest BCUT2D eigenvalue weighted by Gasteiger charge is -2.31. The smallest absolute Gasteiger partial charge is 0.225 e. The van der Waals surface area contributed by atoms with Crippen LogP contribution in [-0.4, -0.2) is 42.3 Å². The predicted molar refractivity (Wildman–Crippen MR) is 71.7 cm³/mol. The summed E-state index contributed by atoms with van der Waals surface area (Å²) >= 11 is 0. The number of aromatic nitrogens is 2. The van der Waals surface area contributed by atoms with Crippen molar-refractivity contribution < 1.29 is 4.74 Å². The number of anilines is 1. The van der Waals surface area contributed by atoms with Crippen LogP contribution in [0.2, 0.25) is 0 Å². The third-order valence-electron chi connectivity index (χ3n) is 3.25. The molecule has 1 aliphatic rings. The molecule has 5 nitrogen and oxygen atoms in total. The predicted octanol–water partition coefficient (Wildman–Crippen LogP) is 0.983. The summed E-state index contributed by atoms with van der Waals surface area (Å²) in [5, 5.41) is 0. The molecule has 1 fully saturated rings. The van der Waals surface area contributed by atoms with Crippen LogP contribution in [0.4, 0.5) is 5.95 Å². The third kappa shape index (κ3) is 3.40. The summed E-state index contributed by atoms with van der Waals surface area (Å²) in [5.74, 6) is 0.825. The minimum absolute atomic E-state index is 0.405. The quantitative estimate of drug-likeness (QED) is 0.844. The maximum absolute atomic E-state index is 5.64. The average Bonchev–Trinajstić information content (AvgIpc) is 2.41. The summed E-state index contributed by atoms with van der Waals surface area (Å²) in [7, 11) is 0. The van der Waals surface area contributed by atoms with E-state index in [4.69, 9.17) is 10.5 Å². The molecular weight excluding hydrogens is 228 g/mol. The van der Waals surface area contributed by atoms with Gasteiger partial charge in [-0.25, -0.2) is 9.97 Å². The molecule has 0 amide bonds. The first-order valence-corrected chi connectivity index (χ1v) is 6.71.